The number of nitrogens with one attached hydrogen (secondary N) is 1. The number of alkyl halides is 3. The molecule has 0 spiro atoms. The van der Waals surface area contributed by atoms with Crippen molar-refractivity contribution in [3.8, 4) is 5.75 Å². The number of anilines is 1. The molecule has 0 bridgehead atoms. The van der Waals surface area contributed by atoms with Gasteiger partial charge in [0.15, 0.2) is 0 Å². The molecule has 1 aliphatic rings. The van der Waals surface area contributed by atoms with Crippen LogP contribution in [0.1, 0.15) is 31.0 Å². The van der Waals surface area contributed by atoms with Crippen LogP contribution < -0.4 is 10.1 Å². The Bertz CT molecular complexity index is 745. The molecule has 146 valence electrons. The van der Waals surface area contributed by atoms with Crippen molar-refractivity contribution in [1.29, 1.82) is 0 Å². The first-order valence-electron chi connectivity index (χ1n) is 8.88. The van der Waals surface area contributed by atoms with Crippen LogP contribution in [0.15, 0.2) is 36.5 Å². The van der Waals surface area contributed by atoms with E-state index < -0.39 is 11.9 Å². The van der Waals surface area contributed by atoms with Gasteiger partial charge in [0.05, 0.1) is 6.61 Å². The fourth-order valence-corrected chi connectivity index (χ4v) is 3.25. The van der Waals surface area contributed by atoms with Gasteiger partial charge in [-0.3, -0.25) is 0 Å². The van der Waals surface area contributed by atoms with Gasteiger partial charge in [-0.05, 0) is 43.5 Å². The zero-order valence-electron chi connectivity index (χ0n) is 15.1. The quantitative estimate of drug-likeness (QED) is 0.818. The molecule has 2 heterocycles. The summed E-state index contributed by atoms with van der Waals surface area (Å²) in [7, 11) is 0. The van der Waals surface area contributed by atoms with Crippen molar-refractivity contribution in [2.45, 2.75) is 31.4 Å². The van der Waals surface area contributed by atoms with Gasteiger partial charge in [-0.15, -0.1) is 0 Å². The number of hydrogen-bond donors (Lipinski definition) is 1. The maximum Gasteiger partial charge on any atom is 0.433 e. The van der Waals surface area contributed by atoms with Crippen molar-refractivity contribution >= 4 is 5.95 Å². The number of benzene rings is 1. The Labute approximate surface area is 155 Å². The van der Waals surface area contributed by atoms with Crippen LogP contribution in [0.4, 0.5) is 19.1 Å². The Morgan fingerprint density at radius 3 is 2.48 bits per heavy atom. The summed E-state index contributed by atoms with van der Waals surface area (Å²) in [6.45, 7) is 4.13. The van der Waals surface area contributed by atoms with Crippen LogP contribution in [-0.4, -0.2) is 36.3 Å². The number of aromatic nitrogens is 2. The standard InChI is InChI=1S/C19H22F3N3O2/c1-2-27-15-5-3-14(4-6-15)18(8-11-26-12-9-18)13-24-17-23-10-7-16(25-17)19(20,21)22/h3-7,10H,2,8-9,11-13H2,1H3,(H,23,24,25). The molecule has 8 heteroatoms. The Kier molecular flexibility index (Phi) is 5.84. The highest BCUT2D eigenvalue weighted by Gasteiger charge is 2.36. The number of nitrogens with zero attached hydrogens (tertiary/aromatic N) is 2. The first kappa shape index (κ1) is 19.4. The van der Waals surface area contributed by atoms with E-state index in [4.69, 9.17) is 9.47 Å². The molecule has 1 N–H and O–H groups in total. The van der Waals surface area contributed by atoms with Crippen LogP contribution >= 0.6 is 0 Å². The summed E-state index contributed by atoms with van der Waals surface area (Å²) in [5, 5.41) is 3.00. The number of halogens is 3. The second-order valence-corrected chi connectivity index (χ2v) is 6.47. The molecule has 27 heavy (non-hydrogen) atoms. The molecule has 0 unspecified atom stereocenters. The van der Waals surface area contributed by atoms with Crippen molar-refractivity contribution in [3.63, 3.8) is 0 Å². The van der Waals surface area contributed by atoms with Crippen molar-refractivity contribution < 1.29 is 22.6 Å². The highest BCUT2D eigenvalue weighted by molar-refractivity contribution is 5.36. The lowest BCUT2D eigenvalue weighted by Gasteiger charge is -2.38. The summed E-state index contributed by atoms with van der Waals surface area (Å²) in [5.41, 5.74) is -0.128. The third-order valence-electron chi connectivity index (χ3n) is 4.76. The van der Waals surface area contributed by atoms with E-state index in [1.165, 1.54) is 0 Å². The van der Waals surface area contributed by atoms with E-state index in [9.17, 15) is 13.2 Å². The molecule has 2 aromatic rings. The molecule has 1 fully saturated rings. The molecule has 1 aromatic heterocycles. The Hall–Kier alpha value is -2.35. The SMILES string of the molecule is CCOc1ccc(C2(CNc3nccc(C(F)(F)F)n3)CCOCC2)cc1. The van der Waals surface area contributed by atoms with E-state index in [2.05, 4.69) is 15.3 Å². The van der Waals surface area contributed by atoms with E-state index >= 15 is 0 Å². The molecule has 0 amide bonds. The lowest BCUT2D eigenvalue weighted by Crippen LogP contribution is -2.40. The van der Waals surface area contributed by atoms with Gasteiger partial charge < -0.3 is 14.8 Å². The third-order valence-corrected chi connectivity index (χ3v) is 4.76. The van der Waals surface area contributed by atoms with Gasteiger partial charge in [0, 0.05) is 31.4 Å². The van der Waals surface area contributed by atoms with E-state index in [0.29, 0.717) is 26.4 Å². The minimum absolute atomic E-state index is 0.0263. The van der Waals surface area contributed by atoms with E-state index in [-0.39, 0.29) is 11.4 Å². The molecule has 1 saturated heterocycles. The molecule has 1 aromatic carbocycles. The zero-order valence-corrected chi connectivity index (χ0v) is 15.1. The van der Waals surface area contributed by atoms with E-state index in [1.54, 1.807) is 0 Å². The second-order valence-electron chi connectivity index (χ2n) is 6.47. The first-order valence-corrected chi connectivity index (χ1v) is 8.88. The smallest absolute Gasteiger partial charge is 0.433 e. The van der Waals surface area contributed by atoms with E-state index in [0.717, 1.165) is 36.4 Å². The molecule has 0 radical (unpaired) electrons. The average Bonchev–Trinajstić information content (AvgIpc) is 2.68. The van der Waals surface area contributed by atoms with Crippen LogP contribution in [0, 0.1) is 0 Å². The molecule has 1 aliphatic heterocycles. The van der Waals surface area contributed by atoms with Crippen LogP contribution in [0.5, 0.6) is 5.75 Å². The lowest BCUT2D eigenvalue weighted by molar-refractivity contribution is -0.141. The predicted molar refractivity (Wildman–Crippen MR) is 94.9 cm³/mol. The van der Waals surface area contributed by atoms with Gasteiger partial charge in [-0.2, -0.15) is 13.2 Å². The average molecular weight is 381 g/mol. The van der Waals surface area contributed by atoms with Crippen molar-refractivity contribution in [3.05, 3.63) is 47.8 Å². The van der Waals surface area contributed by atoms with Crippen molar-refractivity contribution in [1.82, 2.24) is 9.97 Å². The van der Waals surface area contributed by atoms with Gasteiger partial charge in [-0.25, -0.2) is 9.97 Å². The van der Waals surface area contributed by atoms with Gasteiger partial charge in [0.1, 0.15) is 11.4 Å². The largest absolute Gasteiger partial charge is 0.494 e. The molecule has 0 saturated carbocycles. The molecule has 5 nitrogen and oxygen atoms in total. The van der Waals surface area contributed by atoms with Crippen LogP contribution in [0.25, 0.3) is 0 Å². The minimum atomic E-state index is -4.50. The summed E-state index contributed by atoms with van der Waals surface area (Å²) < 4.78 is 49.6. The van der Waals surface area contributed by atoms with Crippen LogP contribution in [-0.2, 0) is 16.3 Å². The maximum absolute atomic E-state index is 12.9. The maximum atomic E-state index is 12.9. The molecule has 0 aliphatic carbocycles. The number of hydrogen-bond acceptors (Lipinski definition) is 5. The summed E-state index contributed by atoms with van der Waals surface area (Å²) in [5.74, 6) is 0.763. The Balaban J connectivity index is 1.79. The van der Waals surface area contributed by atoms with Crippen molar-refractivity contribution in [2.75, 3.05) is 31.7 Å². The van der Waals surface area contributed by atoms with Crippen molar-refractivity contribution in [2.24, 2.45) is 0 Å². The Morgan fingerprint density at radius 2 is 1.85 bits per heavy atom. The summed E-state index contributed by atoms with van der Waals surface area (Å²) >= 11 is 0. The topological polar surface area (TPSA) is 56.3 Å². The molecular weight excluding hydrogens is 359 g/mol. The van der Waals surface area contributed by atoms with Gasteiger partial charge >= 0.3 is 6.18 Å². The molecular formula is C19H22F3N3O2. The fourth-order valence-electron chi connectivity index (χ4n) is 3.25. The summed E-state index contributed by atoms with van der Waals surface area (Å²) in [6.07, 6.45) is -1.86. The molecule has 0 atom stereocenters. The Morgan fingerprint density at radius 1 is 1.15 bits per heavy atom. The zero-order chi connectivity index (χ0) is 19.3. The van der Waals surface area contributed by atoms with E-state index in [1.807, 2.05) is 31.2 Å². The summed E-state index contributed by atoms with van der Waals surface area (Å²) in [6, 6.07) is 8.70. The lowest BCUT2D eigenvalue weighted by atomic mass is 9.74. The van der Waals surface area contributed by atoms with Gasteiger partial charge in [0.25, 0.3) is 0 Å². The third kappa shape index (κ3) is 4.68. The minimum Gasteiger partial charge on any atom is -0.494 e. The highest BCUT2D eigenvalue weighted by atomic mass is 19.4. The number of ether oxygens (including phenoxy) is 2. The summed E-state index contributed by atoms with van der Waals surface area (Å²) in [4.78, 5) is 7.52. The first-order chi connectivity index (χ1) is 12.9. The van der Waals surface area contributed by atoms with Gasteiger partial charge in [-0.1, -0.05) is 12.1 Å². The predicted octanol–water partition coefficient (Wildman–Crippen LogP) is 4.05. The highest BCUT2D eigenvalue weighted by Crippen LogP contribution is 2.36. The fraction of sp³-hybridized carbons (Fsp3) is 0.474. The normalized spacial score (nSPS) is 16.7. The van der Waals surface area contributed by atoms with Crippen LogP contribution in [0.2, 0.25) is 0 Å². The van der Waals surface area contributed by atoms with Gasteiger partial charge in [0.2, 0.25) is 5.95 Å². The van der Waals surface area contributed by atoms with Crippen LogP contribution in [0.3, 0.4) is 0 Å². The number of rotatable bonds is 6. The second kappa shape index (κ2) is 8.12. The molecule has 3 rings (SSSR count). The monoisotopic (exact) mass is 381 g/mol.